The van der Waals surface area contributed by atoms with E-state index in [1.165, 1.54) is 5.56 Å². The van der Waals surface area contributed by atoms with E-state index in [0.717, 1.165) is 37.7 Å². The quantitative estimate of drug-likeness (QED) is 0.798. The molecular weight excluding hydrogens is 351 g/mol. The fourth-order valence-corrected chi connectivity index (χ4v) is 2.23. The van der Waals surface area contributed by atoms with Crippen LogP contribution < -0.4 is 10.6 Å². The van der Waals surface area contributed by atoms with Gasteiger partial charge in [0.05, 0.1) is 5.69 Å². The zero-order chi connectivity index (χ0) is 13.0. The fourth-order valence-electron chi connectivity index (χ4n) is 2.23. The minimum Gasteiger partial charge on any atom is -0.356 e. The number of guanidine groups is 1. The van der Waals surface area contributed by atoms with Gasteiger partial charge in [0.1, 0.15) is 0 Å². The standard InChI is InChI=1S/C14H22N4.HI/c1-11-6-4-7-15-12(11)14(2,3)10-18-13-16-8-5-9-17-13;/h4,6-7H,5,8-10H2,1-3H3,(H2,16,17,18);1H. The summed E-state index contributed by atoms with van der Waals surface area (Å²) in [7, 11) is 0. The largest absolute Gasteiger partial charge is 0.356 e. The summed E-state index contributed by atoms with van der Waals surface area (Å²) in [5, 5.41) is 6.66. The SMILES string of the molecule is Cc1cccnc1C(C)(C)CNC1=NCCCN1.I. The van der Waals surface area contributed by atoms with Crippen LogP contribution in [0.15, 0.2) is 23.3 Å². The Morgan fingerprint density at radius 3 is 2.84 bits per heavy atom. The summed E-state index contributed by atoms with van der Waals surface area (Å²) < 4.78 is 0. The van der Waals surface area contributed by atoms with Gasteiger partial charge < -0.3 is 10.6 Å². The van der Waals surface area contributed by atoms with Crippen LogP contribution in [0.2, 0.25) is 0 Å². The second-order valence-electron chi connectivity index (χ2n) is 5.42. The van der Waals surface area contributed by atoms with Crippen molar-refractivity contribution < 1.29 is 0 Å². The normalized spacial score (nSPS) is 15.0. The molecule has 0 bridgehead atoms. The van der Waals surface area contributed by atoms with Crippen LogP contribution in [-0.2, 0) is 5.41 Å². The lowest BCUT2D eigenvalue weighted by atomic mass is 9.86. The number of hydrogen-bond acceptors (Lipinski definition) is 4. The van der Waals surface area contributed by atoms with Crippen LogP contribution in [-0.4, -0.2) is 30.6 Å². The van der Waals surface area contributed by atoms with Crippen molar-refractivity contribution in [2.24, 2.45) is 4.99 Å². The highest BCUT2D eigenvalue weighted by molar-refractivity contribution is 14.0. The summed E-state index contributed by atoms with van der Waals surface area (Å²) in [6, 6.07) is 4.09. The van der Waals surface area contributed by atoms with Gasteiger partial charge in [-0.15, -0.1) is 24.0 Å². The Balaban J connectivity index is 0.00000180. The maximum Gasteiger partial charge on any atom is 0.191 e. The number of nitrogens with zero attached hydrogens (tertiary/aromatic N) is 2. The van der Waals surface area contributed by atoms with E-state index in [2.05, 4.69) is 47.4 Å². The average Bonchev–Trinajstić information content (AvgIpc) is 2.38. The molecule has 0 saturated heterocycles. The van der Waals surface area contributed by atoms with Gasteiger partial charge in [-0.05, 0) is 25.0 Å². The number of nitrogens with one attached hydrogen (secondary N) is 2. The molecule has 0 atom stereocenters. The van der Waals surface area contributed by atoms with Gasteiger partial charge in [0.25, 0.3) is 0 Å². The Hall–Kier alpha value is -0.850. The molecule has 0 aromatic carbocycles. The van der Waals surface area contributed by atoms with E-state index in [1.54, 1.807) is 0 Å². The van der Waals surface area contributed by atoms with Crippen molar-refractivity contribution in [2.75, 3.05) is 19.6 Å². The topological polar surface area (TPSA) is 49.3 Å². The van der Waals surface area contributed by atoms with Crippen molar-refractivity contribution in [1.82, 2.24) is 15.6 Å². The molecule has 5 heteroatoms. The molecule has 2 N–H and O–H groups in total. The first-order valence-electron chi connectivity index (χ1n) is 6.54. The highest BCUT2D eigenvalue weighted by Crippen LogP contribution is 2.22. The average molecular weight is 374 g/mol. The third kappa shape index (κ3) is 4.33. The molecule has 0 amide bonds. The minimum absolute atomic E-state index is 0. The monoisotopic (exact) mass is 374 g/mol. The van der Waals surface area contributed by atoms with E-state index >= 15 is 0 Å². The van der Waals surface area contributed by atoms with Crippen molar-refractivity contribution in [2.45, 2.75) is 32.6 Å². The van der Waals surface area contributed by atoms with Crippen LogP contribution in [0.3, 0.4) is 0 Å². The van der Waals surface area contributed by atoms with Gasteiger partial charge >= 0.3 is 0 Å². The van der Waals surface area contributed by atoms with E-state index < -0.39 is 0 Å². The Morgan fingerprint density at radius 1 is 1.42 bits per heavy atom. The zero-order valence-corrected chi connectivity index (χ0v) is 14.2. The van der Waals surface area contributed by atoms with E-state index in [0.29, 0.717) is 0 Å². The van der Waals surface area contributed by atoms with E-state index in [1.807, 2.05) is 12.3 Å². The maximum atomic E-state index is 4.51. The number of aryl methyl sites for hydroxylation is 1. The highest BCUT2D eigenvalue weighted by Gasteiger charge is 2.24. The van der Waals surface area contributed by atoms with Crippen molar-refractivity contribution in [3.05, 3.63) is 29.6 Å². The molecule has 0 aliphatic carbocycles. The lowest BCUT2D eigenvalue weighted by Crippen LogP contribution is -2.45. The fraction of sp³-hybridized carbons (Fsp3) is 0.571. The molecule has 2 heterocycles. The van der Waals surface area contributed by atoms with E-state index in [9.17, 15) is 0 Å². The Labute approximate surface area is 132 Å². The van der Waals surface area contributed by atoms with Crippen LogP contribution in [0.25, 0.3) is 0 Å². The smallest absolute Gasteiger partial charge is 0.191 e. The predicted octanol–water partition coefficient (Wildman–Crippen LogP) is 2.22. The van der Waals surface area contributed by atoms with E-state index in [4.69, 9.17) is 0 Å². The molecule has 1 aromatic rings. The minimum atomic E-state index is -0.00695. The van der Waals surface area contributed by atoms with Crippen molar-refractivity contribution >= 4 is 29.9 Å². The second kappa shape index (κ2) is 7.07. The number of halogens is 1. The van der Waals surface area contributed by atoms with Crippen LogP contribution in [0.5, 0.6) is 0 Å². The van der Waals surface area contributed by atoms with E-state index in [-0.39, 0.29) is 29.4 Å². The van der Waals surface area contributed by atoms with Crippen LogP contribution in [0.4, 0.5) is 0 Å². The number of rotatable bonds is 3. The first kappa shape index (κ1) is 16.2. The molecule has 4 nitrogen and oxygen atoms in total. The number of pyridine rings is 1. The van der Waals surface area contributed by atoms with Crippen molar-refractivity contribution in [3.63, 3.8) is 0 Å². The van der Waals surface area contributed by atoms with Gasteiger partial charge in [0, 0.05) is 31.2 Å². The lowest BCUT2D eigenvalue weighted by molar-refractivity contribution is 0.488. The maximum absolute atomic E-state index is 4.51. The van der Waals surface area contributed by atoms with Crippen molar-refractivity contribution in [3.8, 4) is 0 Å². The molecule has 0 unspecified atom stereocenters. The molecule has 0 radical (unpaired) electrons. The molecule has 1 aliphatic rings. The van der Waals surface area contributed by atoms with Crippen LogP contribution >= 0.6 is 24.0 Å². The summed E-state index contributed by atoms with van der Waals surface area (Å²) in [5.41, 5.74) is 2.38. The van der Waals surface area contributed by atoms with Crippen LogP contribution in [0.1, 0.15) is 31.5 Å². The molecule has 0 saturated carbocycles. The number of aromatic nitrogens is 1. The summed E-state index contributed by atoms with van der Waals surface area (Å²) in [4.78, 5) is 8.94. The third-order valence-electron chi connectivity index (χ3n) is 3.25. The Morgan fingerprint density at radius 2 is 2.21 bits per heavy atom. The van der Waals surface area contributed by atoms with Crippen molar-refractivity contribution in [1.29, 1.82) is 0 Å². The van der Waals surface area contributed by atoms with Gasteiger partial charge in [-0.1, -0.05) is 19.9 Å². The molecule has 106 valence electrons. The Kier molecular flexibility index (Phi) is 6.03. The number of aliphatic imine (C=N–C) groups is 1. The first-order chi connectivity index (χ1) is 8.59. The number of hydrogen-bond donors (Lipinski definition) is 2. The Bertz CT molecular complexity index is 443. The second-order valence-corrected chi connectivity index (χ2v) is 5.42. The van der Waals surface area contributed by atoms with Gasteiger partial charge in [-0.3, -0.25) is 9.98 Å². The van der Waals surface area contributed by atoms with Gasteiger partial charge in [-0.2, -0.15) is 0 Å². The molecule has 0 spiro atoms. The van der Waals surface area contributed by atoms with Gasteiger partial charge in [0.15, 0.2) is 5.96 Å². The lowest BCUT2D eigenvalue weighted by Gasteiger charge is -2.27. The summed E-state index contributed by atoms with van der Waals surface area (Å²) in [6.45, 7) is 9.28. The summed E-state index contributed by atoms with van der Waals surface area (Å²) in [6.07, 6.45) is 2.98. The summed E-state index contributed by atoms with van der Waals surface area (Å²) in [5.74, 6) is 0.919. The van der Waals surface area contributed by atoms with Crippen LogP contribution in [0, 0.1) is 6.92 Å². The molecule has 1 aliphatic heterocycles. The molecule has 19 heavy (non-hydrogen) atoms. The van der Waals surface area contributed by atoms with Gasteiger partial charge in [0.2, 0.25) is 0 Å². The first-order valence-corrected chi connectivity index (χ1v) is 6.54. The highest BCUT2D eigenvalue weighted by atomic mass is 127. The molecule has 1 aromatic heterocycles. The molecular formula is C14H23IN4. The molecule has 2 rings (SSSR count). The van der Waals surface area contributed by atoms with Gasteiger partial charge in [-0.25, -0.2) is 0 Å². The molecule has 0 fully saturated rings. The zero-order valence-electron chi connectivity index (χ0n) is 11.9. The predicted molar refractivity (Wildman–Crippen MR) is 90.3 cm³/mol. The summed E-state index contributed by atoms with van der Waals surface area (Å²) >= 11 is 0. The third-order valence-corrected chi connectivity index (χ3v) is 3.25.